The van der Waals surface area contributed by atoms with Gasteiger partial charge in [0.2, 0.25) is 0 Å². The fourth-order valence-electron chi connectivity index (χ4n) is 2.53. The molecule has 3 rings (SSSR count). The van der Waals surface area contributed by atoms with E-state index in [9.17, 15) is 4.79 Å². The first-order valence-corrected chi connectivity index (χ1v) is 9.88. The highest BCUT2D eigenvalue weighted by molar-refractivity contribution is 6.32. The highest BCUT2D eigenvalue weighted by atomic mass is 35.5. The molecule has 0 saturated heterocycles. The quantitative estimate of drug-likeness (QED) is 0.481. The van der Waals surface area contributed by atoms with Crippen molar-refractivity contribution in [3.8, 4) is 5.75 Å². The number of amides is 2. The Morgan fingerprint density at radius 2 is 1.87 bits per heavy atom. The molecular weight excluding hydrogens is 402 g/mol. The Labute approximate surface area is 180 Å². The van der Waals surface area contributed by atoms with E-state index in [1.54, 1.807) is 30.3 Å². The molecule has 0 aliphatic carbocycles. The van der Waals surface area contributed by atoms with Gasteiger partial charge in [0.15, 0.2) is 5.82 Å². The average Bonchev–Trinajstić information content (AvgIpc) is 3.16. The molecule has 0 fully saturated rings. The van der Waals surface area contributed by atoms with Crippen molar-refractivity contribution in [2.75, 3.05) is 17.2 Å². The van der Waals surface area contributed by atoms with Gasteiger partial charge in [-0.15, -0.1) is 0 Å². The molecule has 156 valence electrons. The van der Waals surface area contributed by atoms with E-state index in [-0.39, 0.29) is 5.41 Å². The maximum absolute atomic E-state index is 12.1. The van der Waals surface area contributed by atoms with Crippen molar-refractivity contribution in [3.05, 3.63) is 77.0 Å². The number of carbonyl (C=O) groups excluding carboxylic acids is 1. The number of urea groups is 1. The molecule has 1 heterocycles. The maximum Gasteiger partial charge on any atom is 0.324 e. The van der Waals surface area contributed by atoms with Crippen molar-refractivity contribution in [2.24, 2.45) is 0 Å². The number of aromatic nitrogens is 1. The van der Waals surface area contributed by atoms with Crippen molar-refractivity contribution in [3.63, 3.8) is 0 Å². The van der Waals surface area contributed by atoms with Crippen LogP contribution in [0.1, 0.15) is 32.1 Å². The van der Waals surface area contributed by atoms with Gasteiger partial charge in [-0.2, -0.15) is 0 Å². The number of benzene rings is 2. The summed E-state index contributed by atoms with van der Waals surface area (Å²) in [6, 6.07) is 16.0. The standard InChI is InChI=1S/C23H24ClN3O3/c1-23(2,3)20-15-21(27-30-20)26-22(28)25-17-10-12-18(13-11-17)29-14-6-8-16-7-4-5-9-19(16)24/h4-13,15H,14H2,1-3H3,(H2,25,26,27,28)/b8-6+. The number of halogens is 1. The molecule has 3 aromatic rings. The van der Waals surface area contributed by atoms with E-state index in [0.717, 1.165) is 5.56 Å². The van der Waals surface area contributed by atoms with Crippen LogP contribution < -0.4 is 15.4 Å². The number of rotatable bonds is 6. The Morgan fingerprint density at radius 3 is 2.53 bits per heavy atom. The lowest BCUT2D eigenvalue weighted by molar-refractivity contribution is 0.262. The average molecular weight is 426 g/mol. The minimum Gasteiger partial charge on any atom is -0.490 e. The number of hydrogen-bond donors (Lipinski definition) is 2. The van der Waals surface area contributed by atoms with E-state index in [1.807, 2.05) is 57.2 Å². The first-order chi connectivity index (χ1) is 14.3. The van der Waals surface area contributed by atoms with Crippen LogP contribution in [-0.4, -0.2) is 17.8 Å². The third-order valence-corrected chi connectivity index (χ3v) is 4.50. The van der Waals surface area contributed by atoms with Gasteiger partial charge in [0.25, 0.3) is 0 Å². The number of nitrogens with one attached hydrogen (secondary N) is 2. The van der Waals surface area contributed by atoms with E-state index >= 15 is 0 Å². The van der Waals surface area contributed by atoms with Crippen molar-refractivity contribution in [1.82, 2.24) is 5.16 Å². The van der Waals surface area contributed by atoms with Crippen LogP contribution in [0, 0.1) is 0 Å². The topological polar surface area (TPSA) is 76.4 Å². The van der Waals surface area contributed by atoms with Gasteiger partial charge in [-0.3, -0.25) is 5.32 Å². The molecule has 0 bridgehead atoms. The van der Waals surface area contributed by atoms with Crippen LogP contribution >= 0.6 is 11.6 Å². The molecule has 0 spiro atoms. The summed E-state index contributed by atoms with van der Waals surface area (Å²) in [7, 11) is 0. The second kappa shape index (κ2) is 9.50. The number of ether oxygens (including phenoxy) is 1. The molecule has 6 nitrogen and oxygen atoms in total. The second-order valence-corrected chi connectivity index (χ2v) is 8.07. The van der Waals surface area contributed by atoms with Gasteiger partial charge < -0.3 is 14.6 Å². The zero-order valence-electron chi connectivity index (χ0n) is 17.1. The van der Waals surface area contributed by atoms with Crippen LogP contribution in [0.3, 0.4) is 0 Å². The summed E-state index contributed by atoms with van der Waals surface area (Å²) in [5.41, 5.74) is 1.39. The van der Waals surface area contributed by atoms with Gasteiger partial charge in [-0.05, 0) is 42.0 Å². The van der Waals surface area contributed by atoms with Crippen molar-refractivity contribution >= 4 is 35.2 Å². The summed E-state index contributed by atoms with van der Waals surface area (Å²) in [6.45, 7) is 6.43. The van der Waals surface area contributed by atoms with Crippen LogP contribution in [0.5, 0.6) is 5.75 Å². The summed E-state index contributed by atoms with van der Waals surface area (Å²) in [5, 5.41) is 9.96. The molecule has 7 heteroatoms. The monoisotopic (exact) mass is 425 g/mol. The van der Waals surface area contributed by atoms with E-state index in [1.165, 1.54) is 0 Å². The van der Waals surface area contributed by atoms with Crippen LogP contribution in [-0.2, 0) is 5.41 Å². The van der Waals surface area contributed by atoms with Gasteiger partial charge in [0, 0.05) is 22.2 Å². The highest BCUT2D eigenvalue weighted by Crippen LogP contribution is 2.24. The summed E-state index contributed by atoms with van der Waals surface area (Å²) < 4.78 is 10.9. The largest absolute Gasteiger partial charge is 0.490 e. The maximum atomic E-state index is 12.1. The first kappa shape index (κ1) is 21.5. The second-order valence-electron chi connectivity index (χ2n) is 7.66. The zero-order valence-corrected chi connectivity index (χ0v) is 17.9. The van der Waals surface area contributed by atoms with Crippen molar-refractivity contribution in [2.45, 2.75) is 26.2 Å². The summed E-state index contributed by atoms with van der Waals surface area (Å²) in [6.07, 6.45) is 3.81. The molecule has 0 aliphatic heterocycles. The normalized spacial score (nSPS) is 11.5. The van der Waals surface area contributed by atoms with Gasteiger partial charge in [-0.25, -0.2) is 4.79 Å². The van der Waals surface area contributed by atoms with E-state index in [2.05, 4.69) is 15.8 Å². The van der Waals surface area contributed by atoms with Crippen LogP contribution in [0.15, 0.2) is 65.2 Å². The van der Waals surface area contributed by atoms with Crippen molar-refractivity contribution < 1.29 is 14.1 Å². The number of anilines is 2. The molecule has 2 amide bonds. The molecule has 0 aliphatic rings. The Hall–Kier alpha value is -3.25. The summed E-state index contributed by atoms with van der Waals surface area (Å²) in [4.78, 5) is 12.1. The Morgan fingerprint density at radius 1 is 1.13 bits per heavy atom. The highest BCUT2D eigenvalue weighted by Gasteiger charge is 2.20. The first-order valence-electron chi connectivity index (χ1n) is 9.50. The number of carbonyl (C=O) groups is 1. The predicted octanol–water partition coefficient (Wildman–Crippen LogP) is 6.36. The SMILES string of the molecule is CC(C)(C)c1cc(NC(=O)Nc2ccc(OC/C=C/c3ccccc3Cl)cc2)no1. The van der Waals surface area contributed by atoms with Gasteiger partial charge in [0.1, 0.15) is 18.1 Å². The Kier molecular flexibility index (Phi) is 6.79. The van der Waals surface area contributed by atoms with E-state index < -0.39 is 6.03 Å². The lowest BCUT2D eigenvalue weighted by Crippen LogP contribution is -2.19. The molecule has 0 unspecified atom stereocenters. The molecular formula is C23H24ClN3O3. The van der Waals surface area contributed by atoms with Gasteiger partial charge in [-0.1, -0.05) is 61.8 Å². The third kappa shape index (κ3) is 6.12. The molecule has 2 aromatic carbocycles. The van der Waals surface area contributed by atoms with Crippen LogP contribution in [0.25, 0.3) is 6.08 Å². The lowest BCUT2D eigenvalue weighted by atomic mass is 9.93. The molecule has 30 heavy (non-hydrogen) atoms. The molecule has 0 atom stereocenters. The minimum atomic E-state index is -0.403. The van der Waals surface area contributed by atoms with E-state index in [0.29, 0.717) is 34.6 Å². The summed E-state index contributed by atoms with van der Waals surface area (Å²) in [5.74, 6) is 1.75. The fraction of sp³-hybridized carbons (Fsp3) is 0.217. The lowest BCUT2D eigenvalue weighted by Gasteiger charge is -2.12. The van der Waals surface area contributed by atoms with Crippen LogP contribution in [0.2, 0.25) is 5.02 Å². The Balaban J connectivity index is 1.47. The molecule has 0 saturated carbocycles. The number of hydrogen-bond acceptors (Lipinski definition) is 4. The minimum absolute atomic E-state index is 0.179. The Bertz CT molecular complexity index is 1020. The number of nitrogens with zero attached hydrogens (tertiary/aromatic N) is 1. The molecule has 2 N–H and O–H groups in total. The summed E-state index contributed by atoms with van der Waals surface area (Å²) >= 11 is 6.11. The van der Waals surface area contributed by atoms with Gasteiger partial charge in [0.05, 0.1) is 0 Å². The fourth-order valence-corrected chi connectivity index (χ4v) is 2.73. The van der Waals surface area contributed by atoms with Gasteiger partial charge >= 0.3 is 6.03 Å². The van der Waals surface area contributed by atoms with E-state index in [4.69, 9.17) is 20.9 Å². The molecule has 1 aromatic heterocycles. The zero-order chi connectivity index (χ0) is 21.6. The third-order valence-electron chi connectivity index (χ3n) is 4.15. The molecule has 0 radical (unpaired) electrons. The smallest absolute Gasteiger partial charge is 0.324 e. The predicted molar refractivity (Wildman–Crippen MR) is 120 cm³/mol. The van der Waals surface area contributed by atoms with Crippen LogP contribution in [0.4, 0.5) is 16.3 Å². The van der Waals surface area contributed by atoms with Crippen molar-refractivity contribution in [1.29, 1.82) is 0 Å².